The molecule has 0 fully saturated rings. The Bertz CT molecular complexity index is 547. The first-order valence-corrected chi connectivity index (χ1v) is 7.06. The van der Waals surface area contributed by atoms with Crippen LogP contribution >= 0.6 is 0 Å². The van der Waals surface area contributed by atoms with E-state index in [1.165, 1.54) is 38.2 Å². The number of aliphatic hydroxyl groups is 1. The standard InChI is InChI=1S/C11H18N2O5S/c1-8(14)7-13(4)11(15)9-5-6-10(18-9)19(16,17)12(2)3/h5-6,8,14H,7H2,1-4H3. The largest absolute Gasteiger partial charge is 0.438 e. The van der Waals surface area contributed by atoms with Crippen molar-refractivity contribution in [3.8, 4) is 0 Å². The average Bonchev–Trinajstić information content (AvgIpc) is 2.76. The van der Waals surface area contributed by atoms with Gasteiger partial charge in [-0.05, 0) is 19.1 Å². The predicted molar refractivity (Wildman–Crippen MR) is 68.2 cm³/mol. The van der Waals surface area contributed by atoms with Crippen molar-refractivity contribution in [3.63, 3.8) is 0 Å². The van der Waals surface area contributed by atoms with Gasteiger partial charge in [-0.3, -0.25) is 4.79 Å². The van der Waals surface area contributed by atoms with Crippen LogP contribution in [0.25, 0.3) is 0 Å². The molecule has 1 atom stereocenters. The van der Waals surface area contributed by atoms with Gasteiger partial charge >= 0.3 is 0 Å². The van der Waals surface area contributed by atoms with Crippen LogP contribution in [0, 0.1) is 0 Å². The van der Waals surface area contributed by atoms with Crippen molar-refractivity contribution in [2.75, 3.05) is 27.7 Å². The highest BCUT2D eigenvalue weighted by atomic mass is 32.2. The normalized spacial score (nSPS) is 13.6. The highest BCUT2D eigenvalue weighted by molar-refractivity contribution is 7.88. The number of aliphatic hydroxyl groups excluding tert-OH is 1. The second-order valence-electron chi connectivity index (χ2n) is 4.44. The molecule has 1 N–H and O–H groups in total. The van der Waals surface area contributed by atoms with Gasteiger partial charge in [0.15, 0.2) is 5.76 Å². The van der Waals surface area contributed by atoms with Crippen molar-refractivity contribution in [1.29, 1.82) is 0 Å². The highest BCUT2D eigenvalue weighted by Gasteiger charge is 2.24. The van der Waals surface area contributed by atoms with E-state index in [0.717, 1.165) is 4.31 Å². The molecule has 7 nitrogen and oxygen atoms in total. The second-order valence-corrected chi connectivity index (χ2v) is 6.52. The van der Waals surface area contributed by atoms with Crippen molar-refractivity contribution in [2.24, 2.45) is 0 Å². The van der Waals surface area contributed by atoms with Crippen LogP contribution in [0.2, 0.25) is 0 Å². The minimum Gasteiger partial charge on any atom is -0.438 e. The Balaban J connectivity index is 2.95. The third-order valence-electron chi connectivity index (χ3n) is 2.41. The number of furan rings is 1. The lowest BCUT2D eigenvalue weighted by Gasteiger charge is -2.17. The predicted octanol–water partition coefficient (Wildman–Crippen LogP) is -0.0173. The van der Waals surface area contributed by atoms with Gasteiger partial charge in [-0.25, -0.2) is 12.7 Å². The van der Waals surface area contributed by atoms with E-state index < -0.39 is 22.0 Å². The Labute approximate surface area is 112 Å². The van der Waals surface area contributed by atoms with Gasteiger partial charge < -0.3 is 14.4 Å². The zero-order valence-electron chi connectivity index (χ0n) is 11.3. The molecule has 1 unspecified atom stereocenters. The first kappa shape index (κ1) is 15.7. The number of hydrogen-bond donors (Lipinski definition) is 1. The fraction of sp³-hybridized carbons (Fsp3) is 0.545. The molecule has 1 aromatic heterocycles. The van der Waals surface area contributed by atoms with Crippen molar-refractivity contribution in [3.05, 3.63) is 17.9 Å². The van der Waals surface area contributed by atoms with Gasteiger partial charge in [0.2, 0.25) is 5.09 Å². The molecular weight excluding hydrogens is 272 g/mol. The number of carbonyl (C=O) groups excluding carboxylic acids is 1. The van der Waals surface area contributed by atoms with E-state index >= 15 is 0 Å². The van der Waals surface area contributed by atoms with Gasteiger partial charge in [-0.2, -0.15) is 0 Å². The quantitative estimate of drug-likeness (QED) is 0.823. The molecular formula is C11H18N2O5S. The number of amides is 1. The minimum absolute atomic E-state index is 0.0800. The zero-order valence-corrected chi connectivity index (χ0v) is 12.1. The summed E-state index contributed by atoms with van der Waals surface area (Å²) in [5.74, 6) is -0.565. The fourth-order valence-electron chi connectivity index (χ4n) is 1.42. The molecule has 0 aromatic carbocycles. The van der Waals surface area contributed by atoms with E-state index in [-0.39, 0.29) is 17.4 Å². The molecule has 1 rings (SSSR count). The molecule has 0 bridgehead atoms. The molecule has 0 aliphatic carbocycles. The van der Waals surface area contributed by atoms with Gasteiger partial charge in [0.25, 0.3) is 15.9 Å². The summed E-state index contributed by atoms with van der Waals surface area (Å²) in [6.45, 7) is 1.68. The number of likely N-dealkylation sites (N-methyl/N-ethyl adjacent to an activating group) is 1. The smallest absolute Gasteiger partial charge is 0.289 e. The number of rotatable bonds is 5. The van der Waals surface area contributed by atoms with Crippen LogP contribution in [0.5, 0.6) is 0 Å². The minimum atomic E-state index is -3.69. The lowest BCUT2D eigenvalue weighted by atomic mass is 10.3. The lowest BCUT2D eigenvalue weighted by Crippen LogP contribution is -2.32. The van der Waals surface area contributed by atoms with Crippen LogP contribution in [0.15, 0.2) is 21.6 Å². The average molecular weight is 290 g/mol. The summed E-state index contributed by atoms with van der Waals surface area (Å²) in [5, 5.41) is 8.91. The van der Waals surface area contributed by atoms with E-state index in [9.17, 15) is 18.3 Å². The van der Waals surface area contributed by atoms with E-state index in [2.05, 4.69) is 0 Å². The molecule has 0 saturated carbocycles. The number of carbonyl (C=O) groups is 1. The summed E-state index contributed by atoms with van der Waals surface area (Å²) < 4.78 is 29.6. The third-order valence-corrected chi connectivity index (χ3v) is 4.10. The molecule has 0 radical (unpaired) electrons. The Hall–Kier alpha value is -1.38. The number of nitrogens with zero attached hydrogens (tertiary/aromatic N) is 2. The maximum absolute atomic E-state index is 11.9. The van der Waals surface area contributed by atoms with Crippen LogP contribution in [0.1, 0.15) is 17.5 Å². The Morgan fingerprint density at radius 3 is 2.42 bits per heavy atom. The van der Waals surface area contributed by atoms with Crippen LogP contribution in [-0.2, 0) is 10.0 Å². The van der Waals surface area contributed by atoms with Gasteiger partial charge in [0.05, 0.1) is 6.10 Å². The molecule has 0 aliphatic heterocycles. The summed E-state index contributed by atoms with van der Waals surface area (Å²) in [6.07, 6.45) is -0.672. The van der Waals surface area contributed by atoms with Gasteiger partial charge in [-0.1, -0.05) is 0 Å². The summed E-state index contributed by atoms with van der Waals surface area (Å²) >= 11 is 0. The molecule has 0 aliphatic rings. The Morgan fingerprint density at radius 2 is 1.95 bits per heavy atom. The van der Waals surface area contributed by atoms with E-state index in [4.69, 9.17) is 4.42 Å². The van der Waals surface area contributed by atoms with Crippen LogP contribution in [-0.4, -0.2) is 62.4 Å². The first-order valence-electron chi connectivity index (χ1n) is 5.62. The molecule has 8 heteroatoms. The van der Waals surface area contributed by atoms with Gasteiger partial charge in [0.1, 0.15) is 0 Å². The van der Waals surface area contributed by atoms with E-state index in [0.29, 0.717) is 0 Å². The molecule has 19 heavy (non-hydrogen) atoms. The van der Waals surface area contributed by atoms with Crippen molar-refractivity contribution >= 4 is 15.9 Å². The lowest BCUT2D eigenvalue weighted by molar-refractivity contribution is 0.0668. The molecule has 1 heterocycles. The van der Waals surface area contributed by atoms with E-state index in [1.807, 2.05) is 0 Å². The summed E-state index contributed by atoms with van der Waals surface area (Å²) in [5.41, 5.74) is 0. The SMILES string of the molecule is CC(O)CN(C)C(=O)c1ccc(S(=O)(=O)N(C)C)o1. The maximum Gasteiger partial charge on any atom is 0.289 e. The van der Waals surface area contributed by atoms with Crippen LogP contribution in [0.4, 0.5) is 0 Å². The first-order chi connectivity index (χ1) is 8.66. The van der Waals surface area contributed by atoms with E-state index in [1.54, 1.807) is 6.92 Å². The summed E-state index contributed by atoms with van der Waals surface area (Å²) in [4.78, 5) is 13.2. The van der Waals surface area contributed by atoms with Crippen LogP contribution < -0.4 is 0 Å². The van der Waals surface area contributed by atoms with Crippen molar-refractivity contribution in [2.45, 2.75) is 18.1 Å². The van der Waals surface area contributed by atoms with Crippen molar-refractivity contribution in [1.82, 2.24) is 9.21 Å². The molecule has 108 valence electrons. The Morgan fingerprint density at radius 1 is 1.37 bits per heavy atom. The Kier molecular flexibility index (Phi) is 4.72. The van der Waals surface area contributed by atoms with Crippen LogP contribution in [0.3, 0.4) is 0 Å². The van der Waals surface area contributed by atoms with Gasteiger partial charge in [0, 0.05) is 27.7 Å². The third kappa shape index (κ3) is 3.55. The zero-order chi connectivity index (χ0) is 14.8. The molecule has 0 spiro atoms. The summed E-state index contributed by atoms with van der Waals surface area (Å²) in [7, 11) is 0.554. The second kappa shape index (κ2) is 5.72. The molecule has 0 saturated heterocycles. The molecule has 1 amide bonds. The van der Waals surface area contributed by atoms with Crippen molar-refractivity contribution < 1.29 is 22.7 Å². The summed E-state index contributed by atoms with van der Waals surface area (Å²) in [6, 6.07) is 2.54. The monoisotopic (exact) mass is 290 g/mol. The topological polar surface area (TPSA) is 91.1 Å². The van der Waals surface area contributed by atoms with Gasteiger partial charge in [-0.15, -0.1) is 0 Å². The highest BCUT2D eigenvalue weighted by Crippen LogP contribution is 2.17. The number of sulfonamides is 1. The number of hydrogen-bond acceptors (Lipinski definition) is 5. The fourth-order valence-corrected chi connectivity index (χ4v) is 2.22. The molecule has 1 aromatic rings. The maximum atomic E-state index is 11.9.